The molecule has 0 unspecified atom stereocenters. The Morgan fingerprint density at radius 3 is 2.29 bits per heavy atom. The van der Waals surface area contributed by atoms with Gasteiger partial charge in [0.2, 0.25) is 0 Å². The smallest absolute Gasteiger partial charge is 0.0477 e. The van der Waals surface area contributed by atoms with Gasteiger partial charge in [-0.3, -0.25) is 0 Å². The first-order valence-corrected chi connectivity index (χ1v) is 9.77. The molecule has 0 saturated carbocycles. The summed E-state index contributed by atoms with van der Waals surface area (Å²) in [5, 5.41) is 5.26. The Kier molecular flexibility index (Phi) is 3.30. The van der Waals surface area contributed by atoms with Crippen LogP contribution in [0.15, 0.2) is 97.1 Å². The SMILES string of the molecule is C1=CCC(c2cc3[nH]c4cc(-c5ccccc5)ccc4c3c3ccccc23)=C1. The van der Waals surface area contributed by atoms with Crippen molar-refractivity contribution in [1.29, 1.82) is 0 Å². The molecule has 6 rings (SSSR count). The Hall–Kier alpha value is -3.58. The Morgan fingerprint density at radius 1 is 0.643 bits per heavy atom. The van der Waals surface area contributed by atoms with Gasteiger partial charge in [-0.15, -0.1) is 0 Å². The van der Waals surface area contributed by atoms with E-state index in [9.17, 15) is 0 Å². The molecule has 1 aliphatic rings. The summed E-state index contributed by atoms with van der Waals surface area (Å²) >= 11 is 0. The molecule has 0 radical (unpaired) electrons. The number of fused-ring (bicyclic) bond motifs is 5. The van der Waals surface area contributed by atoms with E-state index in [2.05, 4.69) is 102 Å². The number of nitrogens with one attached hydrogen (secondary N) is 1. The second-order valence-corrected chi connectivity index (χ2v) is 7.47. The average Bonchev–Trinajstić information content (AvgIpc) is 3.41. The molecule has 28 heavy (non-hydrogen) atoms. The van der Waals surface area contributed by atoms with Crippen LogP contribution in [-0.4, -0.2) is 4.98 Å². The molecular formula is C27H19N. The standard InChI is InChI=1S/C27H19N/c1-2-8-18(9-3-1)20-14-15-23-25(16-20)28-26-17-24(19-10-4-5-11-19)21-12-6-7-13-22(21)27(23)26/h1-10,12-17,28H,11H2. The van der Waals surface area contributed by atoms with Crippen molar-refractivity contribution in [3.8, 4) is 11.1 Å². The number of rotatable bonds is 2. The van der Waals surface area contributed by atoms with Crippen LogP contribution in [0.2, 0.25) is 0 Å². The highest BCUT2D eigenvalue weighted by Gasteiger charge is 2.15. The summed E-state index contributed by atoms with van der Waals surface area (Å²) in [6.45, 7) is 0. The predicted molar refractivity (Wildman–Crippen MR) is 120 cm³/mol. The molecule has 132 valence electrons. The van der Waals surface area contributed by atoms with Crippen molar-refractivity contribution >= 4 is 38.2 Å². The van der Waals surface area contributed by atoms with Gasteiger partial charge in [0.05, 0.1) is 0 Å². The average molecular weight is 357 g/mol. The normalized spacial score (nSPS) is 13.6. The van der Waals surface area contributed by atoms with Crippen molar-refractivity contribution in [2.24, 2.45) is 0 Å². The van der Waals surface area contributed by atoms with Crippen molar-refractivity contribution < 1.29 is 0 Å². The van der Waals surface area contributed by atoms with Gasteiger partial charge in [-0.05, 0) is 51.6 Å². The maximum absolute atomic E-state index is 3.70. The van der Waals surface area contributed by atoms with E-state index in [4.69, 9.17) is 0 Å². The van der Waals surface area contributed by atoms with Gasteiger partial charge in [0.25, 0.3) is 0 Å². The molecule has 1 aromatic heterocycles. The molecule has 4 aromatic carbocycles. The Balaban J connectivity index is 1.67. The van der Waals surface area contributed by atoms with E-state index in [1.165, 1.54) is 54.8 Å². The maximum atomic E-state index is 3.70. The topological polar surface area (TPSA) is 15.8 Å². The second-order valence-electron chi connectivity index (χ2n) is 7.47. The van der Waals surface area contributed by atoms with Crippen molar-refractivity contribution in [3.63, 3.8) is 0 Å². The molecule has 0 fully saturated rings. The summed E-state index contributed by atoms with van der Waals surface area (Å²) in [6.07, 6.45) is 7.63. The van der Waals surface area contributed by atoms with Crippen molar-refractivity contribution in [2.45, 2.75) is 6.42 Å². The van der Waals surface area contributed by atoms with Gasteiger partial charge in [-0.25, -0.2) is 0 Å². The van der Waals surface area contributed by atoms with E-state index in [0.717, 1.165) is 6.42 Å². The molecule has 0 amide bonds. The van der Waals surface area contributed by atoms with Crippen LogP contribution >= 0.6 is 0 Å². The summed E-state index contributed by atoms with van der Waals surface area (Å²) in [4.78, 5) is 3.70. The van der Waals surface area contributed by atoms with Crippen LogP contribution < -0.4 is 0 Å². The van der Waals surface area contributed by atoms with E-state index >= 15 is 0 Å². The van der Waals surface area contributed by atoms with Crippen molar-refractivity contribution in [2.75, 3.05) is 0 Å². The monoisotopic (exact) mass is 357 g/mol. The quantitative estimate of drug-likeness (QED) is 0.337. The van der Waals surface area contributed by atoms with Crippen molar-refractivity contribution in [3.05, 3.63) is 103 Å². The fourth-order valence-electron chi connectivity index (χ4n) is 4.50. The van der Waals surface area contributed by atoms with Crippen LogP contribution in [0.25, 0.3) is 49.3 Å². The number of aromatic amines is 1. The van der Waals surface area contributed by atoms with E-state index < -0.39 is 0 Å². The highest BCUT2D eigenvalue weighted by Crippen LogP contribution is 2.39. The Bertz CT molecular complexity index is 1410. The third-order valence-corrected chi connectivity index (χ3v) is 5.83. The molecule has 5 aromatic rings. The van der Waals surface area contributed by atoms with E-state index in [1.54, 1.807) is 0 Å². The van der Waals surface area contributed by atoms with Crippen LogP contribution in [0, 0.1) is 0 Å². The van der Waals surface area contributed by atoms with Gasteiger partial charge in [-0.2, -0.15) is 0 Å². The van der Waals surface area contributed by atoms with Gasteiger partial charge < -0.3 is 4.98 Å². The zero-order valence-corrected chi connectivity index (χ0v) is 15.4. The van der Waals surface area contributed by atoms with Crippen LogP contribution in [0.3, 0.4) is 0 Å². The first-order chi connectivity index (χ1) is 13.9. The number of aromatic nitrogens is 1. The largest absolute Gasteiger partial charge is 0.354 e. The molecule has 1 N–H and O–H groups in total. The lowest BCUT2D eigenvalue weighted by Crippen LogP contribution is -1.86. The zero-order chi connectivity index (χ0) is 18.5. The molecule has 0 saturated heterocycles. The van der Waals surface area contributed by atoms with Gasteiger partial charge in [0.1, 0.15) is 0 Å². The van der Waals surface area contributed by atoms with Crippen LogP contribution in [0.1, 0.15) is 12.0 Å². The predicted octanol–water partition coefficient (Wildman–Crippen LogP) is 7.48. The summed E-state index contributed by atoms with van der Waals surface area (Å²) in [5.74, 6) is 0. The number of H-pyrrole nitrogens is 1. The molecule has 1 heterocycles. The summed E-state index contributed by atoms with van der Waals surface area (Å²) in [7, 11) is 0. The Labute approximate surface area is 163 Å². The highest BCUT2D eigenvalue weighted by atomic mass is 14.7. The number of hydrogen-bond acceptors (Lipinski definition) is 0. The molecule has 1 aliphatic carbocycles. The van der Waals surface area contributed by atoms with Gasteiger partial charge in [0.15, 0.2) is 0 Å². The minimum absolute atomic E-state index is 1.01. The number of benzene rings is 4. The lowest BCUT2D eigenvalue weighted by molar-refractivity contribution is 1.45. The Morgan fingerprint density at radius 2 is 1.46 bits per heavy atom. The first kappa shape index (κ1) is 15.5. The van der Waals surface area contributed by atoms with E-state index in [0.29, 0.717) is 0 Å². The van der Waals surface area contributed by atoms with E-state index in [-0.39, 0.29) is 0 Å². The molecule has 1 heteroatoms. The molecule has 0 spiro atoms. The summed E-state index contributed by atoms with van der Waals surface area (Å²) < 4.78 is 0. The fraction of sp³-hybridized carbons (Fsp3) is 0.0370. The minimum Gasteiger partial charge on any atom is -0.354 e. The van der Waals surface area contributed by atoms with Gasteiger partial charge in [0, 0.05) is 21.8 Å². The molecule has 0 bridgehead atoms. The second kappa shape index (κ2) is 5.97. The van der Waals surface area contributed by atoms with E-state index in [1.807, 2.05) is 0 Å². The molecule has 1 nitrogen and oxygen atoms in total. The van der Waals surface area contributed by atoms with Gasteiger partial charge in [-0.1, -0.05) is 85.0 Å². The third-order valence-electron chi connectivity index (χ3n) is 5.83. The molecule has 0 aliphatic heterocycles. The number of allylic oxidation sites excluding steroid dienone is 4. The summed E-state index contributed by atoms with van der Waals surface area (Å²) in [5.41, 5.74) is 7.62. The zero-order valence-electron chi connectivity index (χ0n) is 15.4. The number of hydrogen-bond donors (Lipinski definition) is 1. The van der Waals surface area contributed by atoms with Crippen LogP contribution in [0.5, 0.6) is 0 Å². The van der Waals surface area contributed by atoms with Crippen LogP contribution in [-0.2, 0) is 0 Å². The third kappa shape index (κ3) is 2.26. The van der Waals surface area contributed by atoms with Gasteiger partial charge >= 0.3 is 0 Å². The minimum atomic E-state index is 1.01. The fourth-order valence-corrected chi connectivity index (χ4v) is 4.50. The van der Waals surface area contributed by atoms with Crippen molar-refractivity contribution in [1.82, 2.24) is 4.98 Å². The summed E-state index contributed by atoms with van der Waals surface area (Å²) in [6, 6.07) is 28.5. The first-order valence-electron chi connectivity index (χ1n) is 9.77. The molecular weight excluding hydrogens is 338 g/mol. The molecule has 0 atom stereocenters. The maximum Gasteiger partial charge on any atom is 0.0477 e. The highest BCUT2D eigenvalue weighted by molar-refractivity contribution is 6.22. The lowest BCUT2D eigenvalue weighted by Gasteiger charge is -2.09. The lowest BCUT2D eigenvalue weighted by atomic mass is 9.94. The van der Waals surface area contributed by atoms with Crippen LogP contribution in [0.4, 0.5) is 0 Å².